The molecule has 11 heteroatoms. The minimum absolute atomic E-state index is 0. The Morgan fingerprint density at radius 2 is 1.22 bits per heavy atom. The van der Waals surface area contributed by atoms with Crippen LogP contribution in [0.5, 0.6) is 0 Å². The fourth-order valence-corrected chi connectivity index (χ4v) is 5.29. The van der Waals surface area contributed by atoms with Crippen LogP contribution in [0.25, 0.3) is 10.9 Å². The Labute approximate surface area is 355 Å². The van der Waals surface area contributed by atoms with Crippen molar-refractivity contribution in [3.05, 3.63) is 95.1 Å². The van der Waals surface area contributed by atoms with Gasteiger partial charge in [-0.2, -0.15) is 20.3 Å². The molecule has 1 aromatic carbocycles. The van der Waals surface area contributed by atoms with Crippen LogP contribution in [-0.4, -0.2) is 44.6 Å². The SMILES string of the molecule is C.C.C.C.C.CC(C)(C)c1ccon1.CC(C)(C)c1ncon1.CC(C)c1ccc2c(cnn2C)c1.Cc1cc(C(C)(C)C)n(C)n1.Cc1nn(C)cc1C(C)(C)C. The van der Waals surface area contributed by atoms with Crippen molar-refractivity contribution in [1.82, 2.24) is 44.6 Å². The molecule has 0 atom stereocenters. The van der Waals surface area contributed by atoms with Gasteiger partial charge in [0.15, 0.2) is 5.82 Å². The van der Waals surface area contributed by atoms with Gasteiger partial charge in [-0.15, -0.1) is 0 Å². The molecule has 0 saturated heterocycles. The maximum Gasteiger partial charge on any atom is 0.213 e. The number of hydrogen-bond donors (Lipinski definition) is 0. The number of hydrogen-bond acceptors (Lipinski definition) is 8. The van der Waals surface area contributed by atoms with E-state index in [0.29, 0.717) is 5.92 Å². The van der Waals surface area contributed by atoms with Gasteiger partial charge in [0.25, 0.3) is 0 Å². The third-order valence-electron chi connectivity index (χ3n) is 8.27. The van der Waals surface area contributed by atoms with Gasteiger partial charge in [0.05, 0.1) is 28.8 Å². The molecule has 11 nitrogen and oxygen atoms in total. The molecule has 0 unspecified atom stereocenters. The van der Waals surface area contributed by atoms with Crippen molar-refractivity contribution >= 4 is 10.9 Å². The Kier molecular flexibility index (Phi) is 25.3. The number of fused-ring (bicyclic) bond motifs is 1. The summed E-state index contributed by atoms with van der Waals surface area (Å²) in [4.78, 5) is 3.91. The molecule has 0 amide bonds. The van der Waals surface area contributed by atoms with Crippen LogP contribution in [0.4, 0.5) is 0 Å². The van der Waals surface area contributed by atoms with E-state index in [1.54, 1.807) is 6.26 Å². The van der Waals surface area contributed by atoms with E-state index in [2.05, 4.69) is 149 Å². The summed E-state index contributed by atoms with van der Waals surface area (Å²) in [6.45, 7) is 34.1. The quantitative estimate of drug-likeness (QED) is 0.161. The van der Waals surface area contributed by atoms with Crippen molar-refractivity contribution in [3.8, 4) is 0 Å². The predicted octanol–water partition coefficient (Wildman–Crippen LogP) is 13.3. The molecule has 5 heterocycles. The van der Waals surface area contributed by atoms with Crippen molar-refractivity contribution < 1.29 is 9.05 Å². The fourth-order valence-electron chi connectivity index (χ4n) is 5.29. The van der Waals surface area contributed by atoms with E-state index in [0.717, 1.165) is 22.9 Å². The summed E-state index contributed by atoms with van der Waals surface area (Å²) in [5.41, 5.74) is 8.98. The zero-order valence-electron chi connectivity index (χ0n) is 36.1. The molecule has 0 saturated carbocycles. The van der Waals surface area contributed by atoms with Crippen LogP contribution in [0.2, 0.25) is 0 Å². The van der Waals surface area contributed by atoms with E-state index in [9.17, 15) is 0 Å². The molecular formula is C47H87N9O2. The lowest BCUT2D eigenvalue weighted by molar-refractivity contribution is 0.392. The van der Waals surface area contributed by atoms with Gasteiger partial charge >= 0.3 is 0 Å². The summed E-state index contributed by atoms with van der Waals surface area (Å²) in [6, 6.07) is 10.6. The van der Waals surface area contributed by atoms with Gasteiger partial charge in [-0.1, -0.05) is 150 Å². The fraction of sp³-hybridized carbons (Fsp3) is 0.617. The summed E-state index contributed by atoms with van der Waals surface area (Å²) in [5.74, 6) is 1.34. The molecule has 0 aliphatic carbocycles. The Hall–Kier alpha value is -4.54. The van der Waals surface area contributed by atoms with Crippen molar-refractivity contribution in [2.45, 2.75) is 175 Å². The van der Waals surface area contributed by atoms with Crippen LogP contribution < -0.4 is 0 Å². The average molecular weight is 810 g/mol. The van der Waals surface area contributed by atoms with Gasteiger partial charge < -0.3 is 9.05 Å². The third kappa shape index (κ3) is 18.8. The molecule has 0 radical (unpaired) electrons. The normalized spacial score (nSPS) is 10.8. The van der Waals surface area contributed by atoms with Gasteiger partial charge in [0.1, 0.15) is 6.26 Å². The molecule has 0 fully saturated rings. The van der Waals surface area contributed by atoms with Crippen molar-refractivity contribution in [2.24, 2.45) is 21.1 Å². The average Bonchev–Trinajstić information content (AvgIpc) is 3.85. The van der Waals surface area contributed by atoms with Gasteiger partial charge in [0.2, 0.25) is 6.39 Å². The van der Waals surface area contributed by atoms with Gasteiger partial charge in [-0.05, 0) is 54.5 Å². The van der Waals surface area contributed by atoms with E-state index >= 15 is 0 Å². The Morgan fingerprint density at radius 3 is 1.52 bits per heavy atom. The van der Waals surface area contributed by atoms with Crippen molar-refractivity contribution in [3.63, 3.8) is 0 Å². The minimum atomic E-state index is 0. The summed E-state index contributed by atoms with van der Waals surface area (Å²) in [6.07, 6.45) is 6.96. The molecule has 0 aliphatic heterocycles. The zero-order valence-corrected chi connectivity index (χ0v) is 36.1. The molecule has 6 aromatic rings. The molecule has 58 heavy (non-hydrogen) atoms. The molecule has 0 aliphatic rings. The summed E-state index contributed by atoms with van der Waals surface area (Å²) in [5, 5.41) is 21.5. The van der Waals surface area contributed by atoms with Crippen LogP contribution in [0.15, 0.2) is 64.4 Å². The highest BCUT2D eigenvalue weighted by molar-refractivity contribution is 5.79. The van der Waals surface area contributed by atoms with E-state index < -0.39 is 0 Å². The highest BCUT2D eigenvalue weighted by Crippen LogP contribution is 2.25. The smallest absolute Gasteiger partial charge is 0.213 e. The van der Waals surface area contributed by atoms with Crippen LogP contribution in [-0.2, 0) is 42.8 Å². The Bertz CT molecular complexity index is 1830. The molecule has 0 spiro atoms. The van der Waals surface area contributed by atoms with E-state index in [1.165, 1.54) is 34.1 Å². The van der Waals surface area contributed by atoms with Crippen LogP contribution in [0.3, 0.4) is 0 Å². The monoisotopic (exact) mass is 810 g/mol. The maximum absolute atomic E-state index is 4.69. The molecule has 332 valence electrons. The Morgan fingerprint density at radius 1 is 0.638 bits per heavy atom. The zero-order chi connectivity index (χ0) is 40.5. The van der Waals surface area contributed by atoms with E-state index in [4.69, 9.17) is 4.52 Å². The number of nitrogens with zero attached hydrogens (tertiary/aromatic N) is 9. The molecule has 0 bridgehead atoms. The second-order valence-corrected chi connectivity index (χ2v) is 18.0. The standard InChI is InChI=1S/C11H14N2.2C9H16N2.C7H11NO.C6H10N2O.5CH4/c1-8(2)9-4-5-11-10(6-9)7-12-13(11)3;1-7-8(9(2,3)4)6-11(5)10-7;1-7-6-8(9(2,3)4)11(5)10-7;1-7(2,3)6-4-5-9-8-6;1-6(2,3)5-7-4-9-8-5;;;;;/h4-8H,1-3H3;2*6H,1-5H3;4-5H,1-3H3;4H,1-3H3;5*1H4. The first kappa shape index (κ1) is 60.1. The number of benzene rings is 1. The summed E-state index contributed by atoms with van der Waals surface area (Å²) < 4.78 is 15.0. The predicted molar refractivity (Wildman–Crippen MR) is 250 cm³/mol. The second kappa shape index (κ2) is 24.4. The lowest BCUT2D eigenvalue weighted by atomic mass is 9.88. The molecule has 0 N–H and O–H groups in total. The molecule has 6 rings (SSSR count). The van der Waals surface area contributed by atoms with Gasteiger partial charge in [-0.25, -0.2) is 0 Å². The van der Waals surface area contributed by atoms with Gasteiger partial charge in [-0.3, -0.25) is 14.0 Å². The highest BCUT2D eigenvalue weighted by atomic mass is 16.5. The topological polar surface area (TPSA) is 118 Å². The van der Waals surface area contributed by atoms with Crippen LogP contribution in [0, 0.1) is 13.8 Å². The first-order chi connectivity index (χ1) is 24.2. The number of aromatic nitrogens is 9. The van der Waals surface area contributed by atoms with E-state index in [-0.39, 0.29) is 58.8 Å². The van der Waals surface area contributed by atoms with Crippen molar-refractivity contribution in [2.75, 3.05) is 0 Å². The van der Waals surface area contributed by atoms with E-state index in [1.807, 2.05) is 75.1 Å². The molecule has 5 aromatic heterocycles. The Balaban J connectivity index is -0.000000310. The van der Waals surface area contributed by atoms with Crippen molar-refractivity contribution in [1.29, 1.82) is 0 Å². The summed E-state index contributed by atoms with van der Waals surface area (Å²) in [7, 11) is 5.92. The largest absolute Gasteiger partial charge is 0.364 e. The highest BCUT2D eigenvalue weighted by Gasteiger charge is 2.20. The first-order valence-electron chi connectivity index (χ1n) is 18.3. The number of rotatable bonds is 1. The maximum atomic E-state index is 4.69. The van der Waals surface area contributed by atoms with Gasteiger partial charge in [0, 0.05) is 60.7 Å². The first-order valence-corrected chi connectivity index (χ1v) is 18.3. The number of aryl methyl sites for hydroxylation is 5. The second-order valence-electron chi connectivity index (χ2n) is 18.0. The third-order valence-corrected chi connectivity index (χ3v) is 8.27. The minimum Gasteiger partial charge on any atom is -0.364 e. The summed E-state index contributed by atoms with van der Waals surface area (Å²) >= 11 is 0. The molecular weight excluding hydrogens is 723 g/mol. The lowest BCUT2D eigenvalue weighted by Crippen LogP contribution is -2.16. The lowest BCUT2D eigenvalue weighted by Gasteiger charge is -2.17. The van der Waals surface area contributed by atoms with Crippen LogP contribution >= 0.6 is 0 Å². The van der Waals surface area contributed by atoms with Crippen LogP contribution in [0.1, 0.15) is 180 Å².